The SMILES string of the molecule is [N-]=[N+]=NCC(CCCCNC(=O)O)NC(=O)O. The summed E-state index contributed by atoms with van der Waals surface area (Å²) in [5, 5.41) is 24.6. The van der Waals surface area contributed by atoms with E-state index < -0.39 is 18.2 Å². The Labute approximate surface area is 97.4 Å². The van der Waals surface area contributed by atoms with Crippen molar-refractivity contribution < 1.29 is 19.8 Å². The second kappa shape index (κ2) is 9.10. The summed E-state index contributed by atoms with van der Waals surface area (Å²) in [6.07, 6.45) is -0.537. The fraction of sp³-hybridized carbons (Fsp3) is 0.750. The Morgan fingerprint density at radius 1 is 1.29 bits per heavy atom. The highest BCUT2D eigenvalue weighted by Gasteiger charge is 2.09. The average Bonchev–Trinajstić information content (AvgIpc) is 2.23. The first-order valence-electron chi connectivity index (χ1n) is 5.03. The van der Waals surface area contributed by atoms with Gasteiger partial charge in [-0.3, -0.25) is 0 Å². The van der Waals surface area contributed by atoms with Crippen molar-refractivity contribution in [3.05, 3.63) is 10.4 Å². The van der Waals surface area contributed by atoms with E-state index in [4.69, 9.17) is 15.7 Å². The summed E-state index contributed by atoms with van der Waals surface area (Å²) >= 11 is 0. The van der Waals surface area contributed by atoms with Gasteiger partial charge in [-0.25, -0.2) is 9.59 Å². The zero-order chi connectivity index (χ0) is 13.1. The molecule has 96 valence electrons. The first-order chi connectivity index (χ1) is 8.06. The normalized spacial score (nSPS) is 11.1. The van der Waals surface area contributed by atoms with Crippen molar-refractivity contribution >= 4 is 12.2 Å². The van der Waals surface area contributed by atoms with E-state index in [0.29, 0.717) is 25.8 Å². The number of carboxylic acid groups (broad SMARTS) is 2. The van der Waals surface area contributed by atoms with Crippen LogP contribution in [0.2, 0.25) is 0 Å². The highest BCUT2D eigenvalue weighted by atomic mass is 16.4. The fourth-order valence-corrected chi connectivity index (χ4v) is 1.23. The summed E-state index contributed by atoms with van der Waals surface area (Å²) in [5.74, 6) is 0. The molecule has 0 aromatic carbocycles. The van der Waals surface area contributed by atoms with Crippen LogP contribution in [-0.2, 0) is 0 Å². The summed E-state index contributed by atoms with van der Waals surface area (Å²) in [7, 11) is 0. The molecule has 9 nitrogen and oxygen atoms in total. The van der Waals surface area contributed by atoms with Crippen LogP contribution >= 0.6 is 0 Å². The van der Waals surface area contributed by atoms with Gasteiger partial charge in [0, 0.05) is 24.0 Å². The Kier molecular flexibility index (Phi) is 7.95. The van der Waals surface area contributed by atoms with E-state index in [9.17, 15) is 9.59 Å². The lowest BCUT2D eigenvalue weighted by Gasteiger charge is -2.13. The number of hydrogen-bond donors (Lipinski definition) is 4. The molecule has 0 rings (SSSR count). The van der Waals surface area contributed by atoms with Crippen LogP contribution in [0.25, 0.3) is 10.4 Å². The molecule has 0 spiro atoms. The number of nitrogens with one attached hydrogen (secondary N) is 2. The van der Waals surface area contributed by atoms with Crippen LogP contribution in [0, 0.1) is 0 Å². The molecule has 0 saturated heterocycles. The van der Waals surface area contributed by atoms with Crippen LogP contribution in [-0.4, -0.2) is 41.5 Å². The number of amides is 2. The molecule has 0 heterocycles. The van der Waals surface area contributed by atoms with E-state index >= 15 is 0 Å². The van der Waals surface area contributed by atoms with Gasteiger partial charge in [-0.1, -0.05) is 5.11 Å². The highest BCUT2D eigenvalue weighted by molar-refractivity contribution is 5.65. The van der Waals surface area contributed by atoms with Gasteiger partial charge < -0.3 is 20.8 Å². The van der Waals surface area contributed by atoms with Gasteiger partial charge in [0.1, 0.15) is 0 Å². The molecule has 0 bridgehead atoms. The van der Waals surface area contributed by atoms with Crippen LogP contribution in [0.1, 0.15) is 19.3 Å². The molecule has 0 fully saturated rings. The van der Waals surface area contributed by atoms with E-state index in [-0.39, 0.29) is 6.54 Å². The molecular weight excluding hydrogens is 230 g/mol. The van der Waals surface area contributed by atoms with Crippen molar-refractivity contribution in [2.24, 2.45) is 5.11 Å². The van der Waals surface area contributed by atoms with Gasteiger partial charge in [0.25, 0.3) is 0 Å². The highest BCUT2D eigenvalue weighted by Crippen LogP contribution is 2.01. The quantitative estimate of drug-likeness (QED) is 0.221. The number of azide groups is 1. The van der Waals surface area contributed by atoms with Crippen LogP contribution in [0.4, 0.5) is 9.59 Å². The first kappa shape index (κ1) is 14.8. The van der Waals surface area contributed by atoms with Crippen molar-refractivity contribution in [2.45, 2.75) is 25.3 Å². The van der Waals surface area contributed by atoms with Gasteiger partial charge in [0.05, 0.1) is 0 Å². The van der Waals surface area contributed by atoms with Crippen LogP contribution < -0.4 is 10.6 Å². The lowest BCUT2D eigenvalue weighted by Crippen LogP contribution is -2.36. The maximum atomic E-state index is 10.4. The Morgan fingerprint density at radius 2 is 2.00 bits per heavy atom. The minimum Gasteiger partial charge on any atom is -0.465 e. The molecule has 4 N–H and O–H groups in total. The smallest absolute Gasteiger partial charge is 0.404 e. The number of nitrogens with zero attached hydrogens (tertiary/aromatic N) is 3. The number of unbranched alkanes of at least 4 members (excludes halogenated alkanes) is 1. The minimum absolute atomic E-state index is 0.0508. The van der Waals surface area contributed by atoms with E-state index in [1.807, 2.05) is 0 Å². The third kappa shape index (κ3) is 10.1. The molecule has 1 atom stereocenters. The third-order valence-corrected chi connectivity index (χ3v) is 1.95. The van der Waals surface area contributed by atoms with Crippen molar-refractivity contribution in [1.82, 2.24) is 10.6 Å². The largest absolute Gasteiger partial charge is 0.465 e. The van der Waals surface area contributed by atoms with E-state index in [2.05, 4.69) is 20.7 Å². The molecule has 0 aliphatic heterocycles. The summed E-state index contributed by atoms with van der Waals surface area (Å²) in [6.45, 7) is 0.367. The lowest BCUT2D eigenvalue weighted by molar-refractivity contribution is 0.189. The zero-order valence-electron chi connectivity index (χ0n) is 9.17. The second-order valence-electron chi connectivity index (χ2n) is 3.29. The Hall–Kier alpha value is -2.15. The summed E-state index contributed by atoms with van der Waals surface area (Å²) in [4.78, 5) is 23.1. The number of carbonyl (C=O) groups is 2. The Morgan fingerprint density at radius 3 is 2.53 bits per heavy atom. The van der Waals surface area contributed by atoms with E-state index in [1.165, 1.54) is 0 Å². The topological polar surface area (TPSA) is 147 Å². The minimum atomic E-state index is -1.17. The average molecular weight is 245 g/mol. The number of rotatable bonds is 8. The Balaban J connectivity index is 3.78. The molecule has 1 unspecified atom stereocenters. The number of hydrogen-bond acceptors (Lipinski definition) is 3. The predicted molar refractivity (Wildman–Crippen MR) is 58.8 cm³/mol. The van der Waals surface area contributed by atoms with Crippen LogP contribution in [0.5, 0.6) is 0 Å². The van der Waals surface area contributed by atoms with Gasteiger partial charge in [0.15, 0.2) is 0 Å². The second-order valence-corrected chi connectivity index (χ2v) is 3.29. The molecule has 0 aliphatic carbocycles. The van der Waals surface area contributed by atoms with Gasteiger partial charge in [-0.2, -0.15) is 0 Å². The molecule has 2 amide bonds. The molecule has 0 aliphatic rings. The predicted octanol–water partition coefficient (Wildman–Crippen LogP) is 1.37. The van der Waals surface area contributed by atoms with Crippen LogP contribution in [0.3, 0.4) is 0 Å². The van der Waals surface area contributed by atoms with Gasteiger partial charge in [-0.05, 0) is 24.8 Å². The summed E-state index contributed by atoms with van der Waals surface area (Å²) < 4.78 is 0. The fourth-order valence-electron chi connectivity index (χ4n) is 1.23. The maximum Gasteiger partial charge on any atom is 0.404 e. The molecule has 0 saturated carbocycles. The lowest BCUT2D eigenvalue weighted by atomic mass is 10.1. The summed E-state index contributed by atoms with van der Waals surface area (Å²) in [5.41, 5.74) is 8.13. The van der Waals surface area contributed by atoms with Crippen molar-refractivity contribution in [3.8, 4) is 0 Å². The first-order valence-corrected chi connectivity index (χ1v) is 5.03. The van der Waals surface area contributed by atoms with Crippen molar-refractivity contribution in [2.75, 3.05) is 13.1 Å². The summed E-state index contributed by atoms with van der Waals surface area (Å²) in [6, 6.07) is -0.437. The molecule has 0 aromatic heterocycles. The molecule has 9 heteroatoms. The Bertz CT molecular complexity index is 298. The van der Waals surface area contributed by atoms with E-state index in [1.54, 1.807) is 0 Å². The molecular formula is C8H15N5O4. The van der Waals surface area contributed by atoms with Crippen LogP contribution in [0.15, 0.2) is 5.11 Å². The molecule has 0 aromatic rings. The standard InChI is InChI=1S/C8H15N5O4/c9-13-11-5-6(12-8(16)17)3-1-2-4-10-7(14)15/h6,10,12H,1-5H2,(H,14,15)(H,16,17). The zero-order valence-corrected chi connectivity index (χ0v) is 9.17. The van der Waals surface area contributed by atoms with Crippen molar-refractivity contribution in [1.29, 1.82) is 0 Å². The monoisotopic (exact) mass is 245 g/mol. The maximum absolute atomic E-state index is 10.4. The van der Waals surface area contributed by atoms with Gasteiger partial charge in [-0.15, -0.1) is 0 Å². The van der Waals surface area contributed by atoms with E-state index in [0.717, 1.165) is 0 Å². The van der Waals surface area contributed by atoms with Crippen molar-refractivity contribution in [3.63, 3.8) is 0 Å². The van der Waals surface area contributed by atoms with Gasteiger partial charge >= 0.3 is 12.2 Å². The van der Waals surface area contributed by atoms with Gasteiger partial charge in [0.2, 0.25) is 0 Å². The third-order valence-electron chi connectivity index (χ3n) is 1.95. The molecule has 0 radical (unpaired) electrons. The molecule has 17 heavy (non-hydrogen) atoms.